The lowest BCUT2D eigenvalue weighted by Gasteiger charge is -2.18. The molecule has 1 saturated heterocycles. The van der Waals surface area contributed by atoms with Gasteiger partial charge in [0.1, 0.15) is 0 Å². The van der Waals surface area contributed by atoms with E-state index >= 15 is 0 Å². The number of hydrogen-bond acceptors (Lipinski definition) is 4. The summed E-state index contributed by atoms with van der Waals surface area (Å²) in [5, 5.41) is 0. The highest BCUT2D eigenvalue weighted by Gasteiger charge is 2.23. The third-order valence-corrected chi connectivity index (χ3v) is 5.07. The van der Waals surface area contributed by atoms with Crippen LogP contribution in [-0.2, 0) is 20.0 Å². The van der Waals surface area contributed by atoms with Gasteiger partial charge in [0, 0.05) is 26.7 Å². The topological polar surface area (TPSA) is 75.9 Å². The first kappa shape index (κ1) is 16.6. The van der Waals surface area contributed by atoms with Gasteiger partial charge in [0.2, 0.25) is 5.95 Å². The van der Waals surface area contributed by atoms with Crippen LogP contribution in [0.1, 0.15) is 24.8 Å². The minimum absolute atomic E-state index is 0.360. The monoisotopic (exact) mass is 353 g/mol. The summed E-state index contributed by atoms with van der Waals surface area (Å²) >= 11 is 0. The predicted molar refractivity (Wildman–Crippen MR) is 102 cm³/mol. The van der Waals surface area contributed by atoms with Gasteiger partial charge in [-0.15, -0.1) is 0 Å². The molecule has 0 bridgehead atoms. The van der Waals surface area contributed by atoms with Gasteiger partial charge in [-0.3, -0.25) is 14.3 Å². The van der Waals surface area contributed by atoms with E-state index in [0.717, 1.165) is 44.7 Å². The van der Waals surface area contributed by atoms with Crippen LogP contribution in [0.3, 0.4) is 0 Å². The third-order valence-electron chi connectivity index (χ3n) is 5.07. The molecule has 0 radical (unpaired) electrons. The molecule has 0 unspecified atom stereocenters. The van der Waals surface area contributed by atoms with Crippen LogP contribution in [-0.4, -0.2) is 32.2 Å². The number of aromatic amines is 1. The molecule has 1 aliphatic heterocycles. The Morgan fingerprint density at radius 1 is 1.12 bits per heavy atom. The van der Waals surface area contributed by atoms with Crippen molar-refractivity contribution in [2.45, 2.75) is 32.2 Å². The average Bonchev–Trinajstić information content (AvgIpc) is 3.28. The van der Waals surface area contributed by atoms with Crippen LogP contribution in [0.15, 0.2) is 39.9 Å². The van der Waals surface area contributed by atoms with Gasteiger partial charge in [0.05, 0.1) is 0 Å². The lowest BCUT2D eigenvalue weighted by atomic mass is 10.1. The minimum Gasteiger partial charge on any atom is -0.342 e. The maximum Gasteiger partial charge on any atom is 0.329 e. The van der Waals surface area contributed by atoms with Gasteiger partial charge in [0.15, 0.2) is 11.2 Å². The Hall–Kier alpha value is -2.83. The molecular weight excluding hydrogens is 330 g/mol. The van der Waals surface area contributed by atoms with Gasteiger partial charge in [-0.2, -0.15) is 4.98 Å². The van der Waals surface area contributed by atoms with E-state index in [1.807, 2.05) is 22.8 Å². The molecule has 4 rings (SSSR count). The van der Waals surface area contributed by atoms with Gasteiger partial charge in [-0.05, 0) is 31.2 Å². The summed E-state index contributed by atoms with van der Waals surface area (Å²) in [7, 11) is 1.65. The molecule has 0 amide bonds. The highest BCUT2D eigenvalue weighted by Crippen LogP contribution is 2.23. The van der Waals surface area contributed by atoms with Gasteiger partial charge in [0.25, 0.3) is 5.56 Å². The molecule has 136 valence electrons. The van der Waals surface area contributed by atoms with Gasteiger partial charge in [-0.25, -0.2) is 4.79 Å². The molecule has 0 saturated carbocycles. The fourth-order valence-electron chi connectivity index (χ4n) is 3.68. The quantitative estimate of drug-likeness (QED) is 0.757. The zero-order chi connectivity index (χ0) is 18.1. The van der Waals surface area contributed by atoms with E-state index in [2.05, 4.69) is 27.0 Å². The first-order valence-corrected chi connectivity index (χ1v) is 9.13. The lowest BCUT2D eigenvalue weighted by Crippen LogP contribution is -2.29. The second-order valence-electron chi connectivity index (χ2n) is 6.84. The fourth-order valence-corrected chi connectivity index (χ4v) is 3.68. The molecule has 1 fully saturated rings. The molecule has 0 aliphatic carbocycles. The van der Waals surface area contributed by atoms with Gasteiger partial charge < -0.3 is 9.47 Å². The summed E-state index contributed by atoms with van der Waals surface area (Å²) in [5.41, 5.74) is 1.44. The number of rotatable bonds is 5. The standard InChI is InChI=1S/C19H23N5O2/c1-22-16-15(17(25)21-19(22)26)24(18(20-16)23-11-5-6-12-23)13-7-10-14-8-3-2-4-9-14/h2-4,8-9H,5-7,10-13H2,1H3,(H,21,25,26). The van der Waals surface area contributed by atoms with Gasteiger partial charge >= 0.3 is 5.69 Å². The summed E-state index contributed by atoms with van der Waals surface area (Å²) in [6, 6.07) is 10.3. The smallest absolute Gasteiger partial charge is 0.329 e. The number of anilines is 1. The minimum atomic E-state index is -0.426. The predicted octanol–water partition coefficient (Wildman–Crippen LogP) is 1.66. The van der Waals surface area contributed by atoms with Crippen LogP contribution < -0.4 is 16.1 Å². The molecule has 1 aromatic carbocycles. The summed E-state index contributed by atoms with van der Waals surface area (Å²) < 4.78 is 3.41. The Morgan fingerprint density at radius 3 is 2.58 bits per heavy atom. The fraction of sp³-hybridized carbons (Fsp3) is 0.421. The summed E-state index contributed by atoms with van der Waals surface area (Å²) in [6.07, 6.45) is 4.09. The van der Waals surface area contributed by atoms with Crippen LogP contribution in [0.4, 0.5) is 5.95 Å². The first-order valence-electron chi connectivity index (χ1n) is 9.13. The van der Waals surface area contributed by atoms with E-state index in [9.17, 15) is 9.59 Å². The zero-order valence-electron chi connectivity index (χ0n) is 14.9. The average molecular weight is 353 g/mol. The highest BCUT2D eigenvalue weighted by molar-refractivity contribution is 5.74. The number of aromatic nitrogens is 4. The molecule has 3 aromatic rings. The van der Waals surface area contributed by atoms with Crippen molar-refractivity contribution in [2.75, 3.05) is 18.0 Å². The Labute approximate surface area is 150 Å². The number of nitrogens with zero attached hydrogens (tertiary/aromatic N) is 4. The van der Waals surface area contributed by atoms with E-state index in [1.54, 1.807) is 7.05 Å². The van der Waals surface area contributed by atoms with Crippen molar-refractivity contribution in [1.29, 1.82) is 0 Å². The molecular formula is C19H23N5O2. The number of aryl methyl sites for hydroxylation is 3. The van der Waals surface area contributed by atoms with E-state index in [1.165, 1.54) is 10.1 Å². The number of benzene rings is 1. The van der Waals surface area contributed by atoms with Crippen molar-refractivity contribution in [3.05, 3.63) is 56.7 Å². The van der Waals surface area contributed by atoms with Crippen molar-refractivity contribution in [1.82, 2.24) is 19.1 Å². The maximum atomic E-state index is 12.5. The second kappa shape index (κ2) is 6.82. The molecule has 0 spiro atoms. The maximum absolute atomic E-state index is 12.5. The number of nitrogens with one attached hydrogen (secondary N) is 1. The van der Waals surface area contributed by atoms with Gasteiger partial charge in [-0.1, -0.05) is 30.3 Å². The first-order chi connectivity index (χ1) is 12.6. The summed E-state index contributed by atoms with van der Waals surface area (Å²) in [6.45, 7) is 2.57. The lowest BCUT2D eigenvalue weighted by molar-refractivity contribution is 0.645. The van der Waals surface area contributed by atoms with E-state index in [-0.39, 0.29) is 5.56 Å². The van der Waals surface area contributed by atoms with Crippen molar-refractivity contribution in [2.24, 2.45) is 7.05 Å². The molecule has 3 heterocycles. The second-order valence-corrected chi connectivity index (χ2v) is 6.84. The molecule has 7 heteroatoms. The Morgan fingerprint density at radius 2 is 1.85 bits per heavy atom. The van der Waals surface area contributed by atoms with Crippen LogP contribution >= 0.6 is 0 Å². The SMILES string of the molecule is Cn1c(=O)[nH]c(=O)c2c1nc(N1CCCC1)n2CCCc1ccccc1. The van der Waals surface area contributed by atoms with Crippen LogP contribution in [0.5, 0.6) is 0 Å². The van der Waals surface area contributed by atoms with Crippen LogP contribution in [0.2, 0.25) is 0 Å². The highest BCUT2D eigenvalue weighted by atomic mass is 16.2. The number of hydrogen-bond donors (Lipinski definition) is 1. The van der Waals surface area contributed by atoms with E-state index in [0.29, 0.717) is 17.7 Å². The Kier molecular flexibility index (Phi) is 4.36. The third kappa shape index (κ3) is 2.94. The Balaban J connectivity index is 1.73. The van der Waals surface area contributed by atoms with Crippen LogP contribution in [0, 0.1) is 0 Å². The summed E-state index contributed by atoms with van der Waals surface area (Å²) in [5.74, 6) is 0.803. The molecule has 2 aromatic heterocycles. The largest absolute Gasteiger partial charge is 0.342 e. The van der Waals surface area contributed by atoms with Crippen LogP contribution in [0.25, 0.3) is 11.2 Å². The number of fused-ring (bicyclic) bond motifs is 1. The molecule has 1 aliphatic rings. The molecule has 0 atom stereocenters. The van der Waals surface area contributed by atoms with E-state index < -0.39 is 5.69 Å². The molecule has 1 N–H and O–H groups in total. The Bertz CT molecular complexity index is 1030. The molecule has 7 nitrogen and oxygen atoms in total. The normalized spacial score (nSPS) is 14.4. The number of H-pyrrole nitrogens is 1. The number of imidazole rings is 1. The zero-order valence-corrected chi connectivity index (χ0v) is 14.9. The van der Waals surface area contributed by atoms with Crippen molar-refractivity contribution < 1.29 is 0 Å². The van der Waals surface area contributed by atoms with Crippen molar-refractivity contribution in [3.63, 3.8) is 0 Å². The summed E-state index contributed by atoms with van der Waals surface area (Å²) in [4.78, 5) is 33.7. The van der Waals surface area contributed by atoms with Crippen molar-refractivity contribution in [3.8, 4) is 0 Å². The van der Waals surface area contributed by atoms with Crippen molar-refractivity contribution >= 4 is 17.1 Å². The molecule has 26 heavy (non-hydrogen) atoms. The van der Waals surface area contributed by atoms with E-state index in [4.69, 9.17) is 0 Å².